The lowest BCUT2D eigenvalue weighted by Crippen LogP contribution is -2.25. The number of rotatable bonds is 4. The first kappa shape index (κ1) is 18.3. The summed E-state index contributed by atoms with van der Waals surface area (Å²) < 4.78 is 0. The first-order chi connectivity index (χ1) is 13.1. The molecule has 140 valence electrons. The molecule has 4 rings (SSSR count). The van der Waals surface area contributed by atoms with Crippen LogP contribution in [0, 0.1) is 0 Å². The summed E-state index contributed by atoms with van der Waals surface area (Å²) >= 11 is 7.39. The second-order valence-electron chi connectivity index (χ2n) is 6.99. The molecule has 27 heavy (non-hydrogen) atoms. The van der Waals surface area contributed by atoms with E-state index in [2.05, 4.69) is 11.4 Å². The molecule has 2 aromatic heterocycles. The van der Waals surface area contributed by atoms with E-state index in [1.54, 1.807) is 0 Å². The van der Waals surface area contributed by atoms with E-state index >= 15 is 0 Å². The predicted octanol–water partition coefficient (Wildman–Crippen LogP) is 4.77. The van der Waals surface area contributed by atoms with Crippen LogP contribution in [0.4, 0.5) is 5.69 Å². The number of thiophene rings is 1. The van der Waals surface area contributed by atoms with Crippen molar-refractivity contribution in [3.8, 4) is 0 Å². The van der Waals surface area contributed by atoms with Crippen molar-refractivity contribution in [3.63, 3.8) is 0 Å². The van der Waals surface area contributed by atoms with Crippen LogP contribution < -0.4 is 11.1 Å². The average molecular weight is 400 g/mol. The maximum atomic E-state index is 12.6. The molecule has 1 aromatic carbocycles. The van der Waals surface area contributed by atoms with Crippen LogP contribution in [0.2, 0.25) is 5.02 Å². The fraction of sp³-hybridized carbons (Fsp3) is 0.333. The summed E-state index contributed by atoms with van der Waals surface area (Å²) in [5, 5.41) is 4.59. The zero-order chi connectivity index (χ0) is 18.8. The number of aromatic nitrogens is 1. The van der Waals surface area contributed by atoms with Crippen molar-refractivity contribution < 1.29 is 4.79 Å². The van der Waals surface area contributed by atoms with E-state index < -0.39 is 0 Å². The quantitative estimate of drug-likeness (QED) is 0.620. The minimum Gasteiger partial charge on any atom is -0.397 e. The second-order valence-corrected chi connectivity index (χ2v) is 8.42. The van der Waals surface area contributed by atoms with E-state index in [9.17, 15) is 4.79 Å². The molecule has 4 nitrogen and oxygen atoms in total. The Hall–Kier alpha value is -2.11. The molecule has 0 spiro atoms. The molecule has 3 N–H and O–H groups in total. The van der Waals surface area contributed by atoms with Crippen molar-refractivity contribution in [2.24, 2.45) is 0 Å². The van der Waals surface area contributed by atoms with Gasteiger partial charge < -0.3 is 11.1 Å². The maximum Gasteiger partial charge on any atom is 0.263 e. The van der Waals surface area contributed by atoms with E-state index in [-0.39, 0.29) is 5.91 Å². The van der Waals surface area contributed by atoms with Crippen molar-refractivity contribution >= 4 is 44.7 Å². The third kappa shape index (κ3) is 3.94. The lowest BCUT2D eigenvalue weighted by molar-refractivity contribution is 0.0959. The number of aryl methyl sites for hydroxylation is 2. The highest BCUT2D eigenvalue weighted by molar-refractivity contribution is 7.21. The van der Waals surface area contributed by atoms with E-state index in [0.717, 1.165) is 35.0 Å². The summed E-state index contributed by atoms with van der Waals surface area (Å²) in [7, 11) is 0. The molecule has 0 saturated carbocycles. The minimum absolute atomic E-state index is 0.132. The molecule has 0 atom stereocenters. The molecule has 0 bridgehead atoms. The zero-order valence-corrected chi connectivity index (χ0v) is 16.6. The molecule has 0 unspecified atom stereocenters. The molecule has 3 aromatic rings. The molecule has 0 fully saturated rings. The number of anilines is 1. The number of pyridine rings is 1. The molecule has 1 amide bonds. The third-order valence-corrected chi connectivity index (χ3v) is 6.39. The monoisotopic (exact) mass is 399 g/mol. The van der Waals surface area contributed by atoms with Crippen LogP contribution in [0.15, 0.2) is 30.3 Å². The molecule has 2 heterocycles. The largest absolute Gasteiger partial charge is 0.397 e. The third-order valence-electron chi connectivity index (χ3n) is 5.04. The van der Waals surface area contributed by atoms with Gasteiger partial charge in [-0.05, 0) is 61.4 Å². The summed E-state index contributed by atoms with van der Waals surface area (Å²) in [5.74, 6) is -0.132. The Morgan fingerprint density at radius 3 is 2.93 bits per heavy atom. The van der Waals surface area contributed by atoms with Crippen molar-refractivity contribution in [1.29, 1.82) is 0 Å². The molecule has 0 saturated heterocycles. The van der Waals surface area contributed by atoms with Crippen molar-refractivity contribution in [1.82, 2.24) is 10.3 Å². The van der Waals surface area contributed by atoms with Gasteiger partial charge in [0.1, 0.15) is 9.71 Å². The number of hydrogen-bond acceptors (Lipinski definition) is 4. The number of nitrogen functional groups attached to an aromatic ring is 1. The van der Waals surface area contributed by atoms with Crippen LogP contribution in [0.25, 0.3) is 10.2 Å². The molecule has 1 aliphatic rings. The molecule has 6 heteroatoms. The number of fused-ring (bicyclic) bond motifs is 2. The van der Waals surface area contributed by atoms with Gasteiger partial charge in [-0.25, -0.2) is 4.98 Å². The summed E-state index contributed by atoms with van der Waals surface area (Å²) in [4.78, 5) is 18.9. The number of carbonyl (C=O) groups is 1. The van der Waals surface area contributed by atoms with Gasteiger partial charge in [-0.2, -0.15) is 0 Å². The smallest absolute Gasteiger partial charge is 0.263 e. The van der Waals surface area contributed by atoms with Gasteiger partial charge >= 0.3 is 0 Å². The summed E-state index contributed by atoms with van der Waals surface area (Å²) in [5.41, 5.74) is 10.4. The predicted molar refractivity (Wildman–Crippen MR) is 113 cm³/mol. The number of benzene rings is 1. The number of nitrogens with one attached hydrogen (secondary N) is 1. The van der Waals surface area contributed by atoms with Crippen LogP contribution in [-0.4, -0.2) is 17.4 Å². The zero-order valence-electron chi connectivity index (χ0n) is 15.1. The normalized spacial score (nSPS) is 14.0. The Labute approximate surface area is 167 Å². The molecule has 0 aliphatic heterocycles. The highest BCUT2D eigenvalue weighted by Crippen LogP contribution is 2.35. The van der Waals surface area contributed by atoms with Crippen LogP contribution >= 0.6 is 22.9 Å². The summed E-state index contributed by atoms with van der Waals surface area (Å²) in [6.07, 6.45) is 6.42. The molecular weight excluding hydrogens is 378 g/mol. The van der Waals surface area contributed by atoms with E-state index in [4.69, 9.17) is 22.3 Å². The second kappa shape index (κ2) is 7.87. The Balaban J connectivity index is 1.51. The maximum absolute atomic E-state index is 12.6. The van der Waals surface area contributed by atoms with Crippen LogP contribution in [0.3, 0.4) is 0 Å². The van der Waals surface area contributed by atoms with Crippen molar-refractivity contribution in [2.45, 2.75) is 38.5 Å². The first-order valence-corrected chi connectivity index (χ1v) is 10.5. The number of halogens is 1. The molecule has 1 aliphatic carbocycles. The number of carbonyl (C=O) groups excluding carboxylic acids is 1. The van der Waals surface area contributed by atoms with Gasteiger partial charge in [-0.15, -0.1) is 11.3 Å². The first-order valence-electron chi connectivity index (χ1n) is 9.35. The Kier molecular flexibility index (Phi) is 5.32. The lowest BCUT2D eigenvalue weighted by Gasteiger charge is -2.05. The topological polar surface area (TPSA) is 68.0 Å². The standard InChI is InChI=1S/C21H22ClN3OS/c22-15-7-4-5-13(11-15)9-10-24-20(26)19-18(23)16-12-14-6-2-1-3-8-17(14)25-21(16)27-19/h4-5,7,11-12H,1-3,6,8-10,23H2,(H,24,26). The minimum atomic E-state index is -0.132. The Bertz CT molecular complexity index is 999. The Morgan fingerprint density at radius 2 is 2.07 bits per heavy atom. The molecule has 0 radical (unpaired) electrons. The number of amides is 1. The van der Waals surface area contributed by atoms with Gasteiger partial charge in [0, 0.05) is 22.6 Å². The van der Waals surface area contributed by atoms with Gasteiger partial charge in [-0.1, -0.05) is 30.2 Å². The van der Waals surface area contributed by atoms with E-state index in [0.29, 0.717) is 22.1 Å². The fourth-order valence-corrected chi connectivity index (χ4v) is 4.82. The van der Waals surface area contributed by atoms with Gasteiger partial charge in [0.05, 0.1) is 5.69 Å². The van der Waals surface area contributed by atoms with Gasteiger partial charge in [0.2, 0.25) is 0 Å². The number of nitrogens with two attached hydrogens (primary N) is 1. The SMILES string of the molecule is Nc1c(C(=O)NCCc2cccc(Cl)c2)sc2nc3c(cc12)CCCCC3. The van der Waals surface area contributed by atoms with Crippen LogP contribution in [-0.2, 0) is 19.3 Å². The van der Waals surface area contributed by atoms with Crippen LogP contribution in [0.1, 0.15) is 45.8 Å². The fourth-order valence-electron chi connectivity index (χ4n) is 3.60. The van der Waals surface area contributed by atoms with Crippen molar-refractivity contribution in [2.75, 3.05) is 12.3 Å². The van der Waals surface area contributed by atoms with Crippen molar-refractivity contribution in [3.05, 3.63) is 57.1 Å². The van der Waals surface area contributed by atoms with Gasteiger partial charge in [-0.3, -0.25) is 4.79 Å². The summed E-state index contributed by atoms with van der Waals surface area (Å²) in [6.45, 7) is 0.538. The van der Waals surface area contributed by atoms with Gasteiger partial charge in [0.25, 0.3) is 5.91 Å². The van der Waals surface area contributed by atoms with Crippen LogP contribution in [0.5, 0.6) is 0 Å². The highest BCUT2D eigenvalue weighted by Gasteiger charge is 2.19. The number of hydrogen-bond donors (Lipinski definition) is 2. The van der Waals surface area contributed by atoms with E-state index in [1.807, 2.05) is 24.3 Å². The summed E-state index contributed by atoms with van der Waals surface area (Å²) in [6, 6.07) is 9.83. The lowest BCUT2D eigenvalue weighted by atomic mass is 10.1. The average Bonchev–Trinajstić information content (AvgIpc) is 2.82. The van der Waals surface area contributed by atoms with Gasteiger partial charge in [0.15, 0.2) is 0 Å². The highest BCUT2D eigenvalue weighted by atomic mass is 35.5. The number of nitrogens with zero attached hydrogens (tertiary/aromatic N) is 1. The Morgan fingerprint density at radius 1 is 1.22 bits per heavy atom. The van der Waals surface area contributed by atoms with E-state index in [1.165, 1.54) is 41.9 Å². The molecular formula is C21H22ClN3OS.